The van der Waals surface area contributed by atoms with Gasteiger partial charge in [-0.25, -0.2) is 0 Å². The molecule has 3 amide bonds. The molecule has 3 fully saturated rings. The van der Waals surface area contributed by atoms with E-state index in [2.05, 4.69) is 6.92 Å². The smallest absolute Gasteiger partial charge is 0.222 e. The normalized spacial score (nSPS) is 22.3. The maximum Gasteiger partial charge on any atom is 0.222 e. The van der Waals surface area contributed by atoms with E-state index in [0.717, 1.165) is 64.7 Å². The lowest BCUT2D eigenvalue weighted by atomic mass is 9.99. The highest BCUT2D eigenvalue weighted by atomic mass is 16.2. The summed E-state index contributed by atoms with van der Waals surface area (Å²) >= 11 is 0. The number of carbonyl (C=O) groups is 3. The van der Waals surface area contributed by atoms with E-state index in [9.17, 15) is 14.4 Å². The monoisotopic (exact) mass is 379 g/mol. The van der Waals surface area contributed by atoms with E-state index in [-0.39, 0.29) is 29.8 Å². The molecule has 3 heterocycles. The number of nitrogens with zero attached hydrogens (tertiary/aromatic N) is 3. The number of rotatable bonds is 8. The molecule has 3 aliphatic heterocycles. The third kappa shape index (κ3) is 5.45. The molecule has 0 aromatic rings. The first-order valence-electron chi connectivity index (χ1n) is 11.0. The van der Waals surface area contributed by atoms with Gasteiger partial charge in [-0.2, -0.15) is 0 Å². The van der Waals surface area contributed by atoms with Crippen molar-refractivity contribution in [2.45, 2.75) is 90.6 Å². The second-order valence-electron chi connectivity index (χ2n) is 7.61. The van der Waals surface area contributed by atoms with Crippen molar-refractivity contribution in [1.29, 1.82) is 0 Å². The first-order chi connectivity index (χ1) is 13.1. The van der Waals surface area contributed by atoms with E-state index in [1.165, 1.54) is 0 Å². The fraction of sp³-hybridized carbons (Fsp3) is 0.857. The molecule has 6 nitrogen and oxygen atoms in total. The van der Waals surface area contributed by atoms with Gasteiger partial charge in [-0.1, -0.05) is 20.8 Å². The number of hydrogen-bond donors (Lipinski definition) is 0. The number of hydrogen-bond acceptors (Lipinski definition) is 3. The van der Waals surface area contributed by atoms with Crippen LogP contribution in [0.1, 0.15) is 78.6 Å². The molecule has 0 spiro atoms. The first-order valence-corrected chi connectivity index (χ1v) is 11.0. The Kier molecular flexibility index (Phi) is 8.58. The van der Waals surface area contributed by atoms with Crippen LogP contribution in [0, 0.1) is 0 Å². The molecule has 2 unspecified atom stereocenters. The van der Waals surface area contributed by atoms with Gasteiger partial charge in [0.2, 0.25) is 17.7 Å². The van der Waals surface area contributed by atoms with Crippen molar-refractivity contribution in [3.05, 3.63) is 0 Å². The Morgan fingerprint density at radius 2 is 1.30 bits per heavy atom. The largest absolute Gasteiger partial charge is 0.343 e. The molecule has 0 aliphatic carbocycles. The molecule has 3 aliphatic rings. The minimum atomic E-state index is 0.141. The van der Waals surface area contributed by atoms with Crippen LogP contribution >= 0.6 is 0 Å². The van der Waals surface area contributed by atoms with E-state index in [0.29, 0.717) is 19.3 Å². The average molecular weight is 380 g/mol. The molecule has 6 heteroatoms. The van der Waals surface area contributed by atoms with E-state index >= 15 is 0 Å². The summed E-state index contributed by atoms with van der Waals surface area (Å²) in [6.45, 7) is 9.38. The van der Waals surface area contributed by atoms with E-state index in [4.69, 9.17) is 0 Å². The summed E-state index contributed by atoms with van der Waals surface area (Å²) in [6.07, 6.45) is 7.38. The fourth-order valence-corrected chi connectivity index (χ4v) is 4.58. The minimum Gasteiger partial charge on any atom is -0.343 e. The molecule has 3 rings (SSSR count). The van der Waals surface area contributed by atoms with Crippen LogP contribution in [-0.2, 0) is 14.4 Å². The maximum absolute atomic E-state index is 12.3. The van der Waals surface area contributed by atoms with Gasteiger partial charge in [-0.15, -0.1) is 0 Å². The van der Waals surface area contributed by atoms with Gasteiger partial charge in [0.15, 0.2) is 0 Å². The van der Waals surface area contributed by atoms with Gasteiger partial charge in [-0.05, 0) is 38.5 Å². The zero-order chi connectivity index (χ0) is 19.8. The lowest BCUT2D eigenvalue weighted by Crippen LogP contribution is -2.45. The van der Waals surface area contributed by atoms with Crippen molar-refractivity contribution < 1.29 is 14.4 Å². The molecular formula is C21H37N3O3. The predicted octanol–water partition coefficient (Wildman–Crippen LogP) is 2.81. The summed E-state index contributed by atoms with van der Waals surface area (Å²) in [7, 11) is 0. The zero-order valence-corrected chi connectivity index (χ0v) is 17.4. The van der Waals surface area contributed by atoms with Crippen LogP contribution in [0.15, 0.2) is 0 Å². The van der Waals surface area contributed by atoms with Crippen molar-refractivity contribution in [2.24, 2.45) is 0 Å². The molecule has 27 heavy (non-hydrogen) atoms. The molecule has 3 saturated heterocycles. The zero-order valence-electron chi connectivity index (χ0n) is 17.4. The van der Waals surface area contributed by atoms with E-state index in [1.807, 2.05) is 28.5 Å². The second kappa shape index (κ2) is 10.7. The molecule has 0 N–H and O–H groups in total. The summed E-state index contributed by atoms with van der Waals surface area (Å²) in [4.78, 5) is 42.3. The van der Waals surface area contributed by atoms with Crippen LogP contribution in [0.5, 0.6) is 0 Å². The Morgan fingerprint density at radius 1 is 0.778 bits per heavy atom. The van der Waals surface area contributed by atoms with Gasteiger partial charge in [0, 0.05) is 57.5 Å². The number of likely N-dealkylation sites (tertiary alicyclic amines) is 3. The van der Waals surface area contributed by atoms with Crippen molar-refractivity contribution >= 4 is 17.7 Å². The van der Waals surface area contributed by atoms with Crippen LogP contribution in [0.25, 0.3) is 0 Å². The quantitative estimate of drug-likeness (QED) is 0.651. The van der Waals surface area contributed by atoms with Gasteiger partial charge in [-0.3, -0.25) is 14.4 Å². The average Bonchev–Trinajstić information content (AvgIpc) is 3.40. The Labute approximate surface area is 164 Å². The molecule has 0 aromatic heterocycles. The maximum atomic E-state index is 12.3. The van der Waals surface area contributed by atoms with E-state index in [1.54, 1.807) is 0 Å². The third-order valence-electron chi connectivity index (χ3n) is 6.02. The van der Waals surface area contributed by atoms with Crippen molar-refractivity contribution in [2.75, 3.05) is 26.2 Å². The van der Waals surface area contributed by atoms with Crippen LogP contribution < -0.4 is 0 Å². The van der Waals surface area contributed by atoms with Crippen LogP contribution in [0.3, 0.4) is 0 Å². The second-order valence-corrected chi connectivity index (χ2v) is 7.61. The molecule has 0 radical (unpaired) electrons. The van der Waals surface area contributed by atoms with Gasteiger partial charge in [0.25, 0.3) is 0 Å². The summed E-state index contributed by atoms with van der Waals surface area (Å²) in [5.74, 6) is 0.738. The molecule has 0 saturated carbocycles. The number of amides is 3. The van der Waals surface area contributed by atoms with Crippen molar-refractivity contribution in [1.82, 2.24) is 14.7 Å². The van der Waals surface area contributed by atoms with Gasteiger partial charge in [0.1, 0.15) is 0 Å². The molecule has 0 bridgehead atoms. The van der Waals surface area contributed by atoms with Crippen LogP contribution in [-0.4, -0.2) is 70.7 Å². The highest BCUT2D eigenvalue weighted by molar-refractivity contribution is 5.79. The lowest BCUT2D eigenvalue weighted by molar-refractivity contribution is -0.131. The van der Waals surface area contributed by atoms with Crippen LogP contribution in [0.2, 0.25) is 0 Å². The molecule has 154 valence electrons. The Bertz CT molecular complexity index is 523. The highest BCUT2D eigenvalue weighted by Gasteiger charge is 2.34. The summed E-state index contributed by atoms with van der Waals surface area (Å²) in [6, 6.07) is 0.351. The van der Waals surface area contributed by atoms with E-state index < -0.39 is 0 Å². The topological polar surface area (TPSA) is 60.9 Å². The molecule has 0 aromatic carbocycles. The molecule has 2 atom stereocenters. The molecular weight excluding hydrogens is 342 g/mol. The Hall–Kier alpha value is -1.59. The standard InChI is InChI=1S/C19H31N3O3.C2H6/c1-2-15(21-11-4-7-18(21)24)14-16(22-12-5-8-19(22)25)9-13-20-10-3-6-17(20)23;1-2/h15-16H,2-14H2,1H3;1-2H3. The van der Waals surface area contributed by atoms with Gasteiger partial charge < -0.3 is 14.7 Å². The first kappa shape index (κ1) is 21.7. The summed E-state index contributed by atoms with van der Waals surface area (Å²) in [5.41, 5.74) is 0. The third-order valence-corrected chi connectivity index (χ3v) is 6.02. The summed E-state index contributed by atoms with van der Waals surface area (Å²) < 4.78 is 0. The van der Waals surface area contributed by atoms with Gasteiger partial charge in [0.05, 0.1) is 0 Å². The SMILES string of the molecule is CC.CCC(CC(CCN1CCCC1=O)N1CCCC1=O)N1CCCC1=O. The Balaban J connectivity index is 0.00000126. The minimum absolute atomic E-state index is 0.141. The lowest BCUT2D eigenvalue weighted by Gasteiger charge is -2.35. The summed E-state index contributed by atoms with van der Waals surface area (Å²) in [5, 5.41) is 0. The van der Waals surface area contributed by atoms with Crippen molar-refractivity contribution in [3.8, 4) is 0 Å². The highest BCUT2D eigenvalue weighted by Crippen LogP contribution is 2.26. The Morgan fingerprint density at radius 3 is 1.74 bits per heavy atom. The predicted molar refractivity (Wildman–Crippen MR) is 106 cm³/mol. The fourth-order valence-electron chi connectivity index (χ4n) is 4.58. The number of carbonyl (C=O) groups excluding carboxylic acids is 3. The van der Waals surface area contributed by atoms with Crippen molar-refractivity contribution in [3.63, 3.8) is 0 Å². The van der Waals surface area contributed by atoms with Crippen LogP contribution in [0.4, 0.5) is 0 Å². The van der Waals surface area contributed by atoms with Gasteiger partial charge >= 0.3 is 0 Å².